The molecule has 0 bridgehead atoms. The molecular formula is C20H40O2. The van der Waals surface area contributed by atoms with E-state index in [9.17, 15) is 10.2 Å². The molecule has 0 radical (unpaired) electrons. The fraction of sp³-hybridized carbons (Fsp3) is 0.900. The molecule has 0 heterocycles. The molecule has 0 aromatic carbocycles. The third-order valence-electron chi connectivity index (χ3n) is 4.46. The highest BCUT2D eigenvalue weighted by Crippen LogP contribution is 2.15. The van der Waals surface area contributed by atoms with Crippen LogP contribution in [0, 0.1) is 0 Å². The van der Waals surface area contributed by atoms with E-state index in [-0.39, 0.29) is 0 Å². The zero-order valence-corrected chi connectivity index (χ0v) is 14.9. The van der Waals surface area contributed by atoms with Gasteiger partial charge >= 0.3 is 0 Å². The third-order valence-corrected chi connectivity index (χ3v) is 4.46. The Bertz CT molecular complexity index is 228. The van der Waals surface area contributed by atoms with Crippen LogP contribution in [-0.4, -0.2) is 22.4 Å². The van der Waals surface area contributed by atoms with Crippen molar-refractivity contribution < 1.29 is 10.2 Å². The second-order valence-electron chi connectivity index (χ2n) is 6.68. The molecule has 0 aromatic heterocycles. The van der Waals surface area contributed by atoms with Crippen molar-refractivity contribution in [1.29, 1.82) is 0 Å². The Morgan fingerprint density at radius 2 is 1.09 bits per heavy atom. The van der Waals surface area contributed by atoms with Gasteiger partial charge in [-0.15, -0.1) is 6.58 Å². The number of allylic oxidation sites excluding steroid dienone is 1. The molecule has 0 saturated heterocycles. The van der Waals surface area contributed by atoms with Gasteiger partial charge in [-0.05, 0) is 25.7 Å². The molecule has 0 aliphatic heterocycles. The molecule has 0 fully saturated rings. The summed E-state index contributed by atoms with van der Waals surface area (Å²) >= 11 is 0. The van der Waals surface area contributed by atoms with E-state index in [1.165, 1.54) is 64.2 Å². The Labute approximate surface area is 139 Å². The van der Waals surface area contributed by atoms with Crippen LogP contribution in [0.15, 0.2) is 12.7 Å². The maximum atomic E-state index is 9.97. The summed E-state index contributed by atoms with van der Waals surface area (Å²) in [6, 6.07) is 0. The van der Waals surface area contributed by atoms with Crippen LogP contribution in [-0.2, 0) is 0 Å². The predicted molar refractivity (Wildman–Crippen MR) is 97.1 cm³/mol. The molecule has 0 amide bonds. The molecule has 0 saturated carbocycles. The van der Waals surface area contributed by atoms with Crippen molar-refractivity contribution in [1.82, 2.24) is 0 Å². The average Bonchev–Trinajstić information content (AvgIpc) is 2.52. The third kappa shape index (κ3) is 14.6. The molecular weight excluding hydrogens is 272 g/mol. The average molecular weight is 313 g/mol. The molecule has 2 atom stereocenters. The quantitative estimate of drug-likeness (QED) is 0.264. The molecule has 2 N–H and O–H groups in total. The molecule has 22 heavy (non-hydrogen) atoms. The maximum Gasteiger partial charge on any atom is 0.0799 e. The van der Waals surface area contributed by atoms with Gasteiger partial charge in [0.25, 0.3) is 0 Å². The molecule has 2 nitrogen and oxygen atoms in total. The van der Waals surface area contributed by atoms with E-state index in [1.54, 1.807) is 0 Å². The Morgan fingerprint density at radius 1 is 0.682 bits per heavy atom. The summed E-state index contributed by atoms with van der Waals surface area (Å²) < 4.78 is 0. The van der Waals surface area contributed by atoms with E-state index < -0.39 is 12.2 Å². The number of unbranched alkanes of at least 4 members (excludes halogenated alkanes) is 11. The summed E-state index contributed by atoms with van der Waals surface area (Å²) in [6.07, 6.45) is 18.3. The van der Waals surface area contributed by atoms with Gasteiger partial charge in [0.05, 0.1) is 12.2 Å². The first-order valence-electron chi connectivity index (χ1n) is 9.69. The SMILES string of the molecule is C=CCCCCCCCCC(O)C(O)CCCCCCCC. The second-order valence-corrected chi connectivity index (χ2v) is 6.68. The number of aliphatic hydroxyl groups is 2. The summed E-state index contributed by atoms with van der Waals surface area (Å²) in [5, 5.41) is 19.9. The van der Waals surface area contributed by atoms with Gasteiger partial charge in [-0.2, -0.15) is 0 Å². The van der Waals surface area contributed by atoms with Crippen molar-refractivity contribution in [2.24, 2.45) is 0 Å². The van der Waals surface area contributed by atoms with Crippen molar-refractivity contribution in [3.05, 3.63) is 12.7 Å². The van der Waals surface area contributed by atoms with E-state index in [0.717, 1.165) is 32.1 Å². The van der Waals surface area contributed by atoms with Crippen molar-refractivity contribution in [2.45, 2.75) is 115 Å². The molecule has 0 rings (SSSR count). The van der Waals surface area contributed by atoms with Crippen LogP contribution in [0.3, 0.4) is 0 Å². The summed E-state index contributed by atoms with van der Waals surface area (Å²) in [5.74, 6) is 0. The van der Waals surface area contributed by atoms with E-state index in [2.05, 4.69) is 13.5 Å². The first-order valence-corrected chi connectivity index (χ1v) is 9.69. The molecule has 132 valence electrons. The Morgan fingerprint density at radius 3 is 1.55 bits per heavy atom. The highest BCUT2D eigenvalue weighted by molar-refractivity contribution is 4.68. The standard InChI is InChI=1S/C20H40O2/c1-3-5-7-9-11-12-14-16-18-20(22)19(21)17-15-13-10-8-6-4-2/h3,19-22H,1,4-18H2,2H3. The number of hydrogen-bond donors (Lipinski definition) is 2. The van der Waals surface area contributed by atoms with E-state index >= 15 is 0 Å². The van der Waals surface area contributed by atoms with Gasteiger partial charge < -0.3 is 10.2 Å². The van der Waals surface area contributed by atoms with Crippen LogP contribution in [0.2, 0.25) is 0 Å². The molecule has 0 spiro atoms. The van der Waals surface area contributed by atoms with Crippen LogP contribution in [0.4, 0.5) is 0 Å². The maximum absolute atomic E-state index is 9.97. The van der Waals surface area contributed by atoms with Gasteiger partial charge in [-0.1, -0.05) is 83.6 Å². The number of hydrogen-bond acceptors (Lipinski definition) is 2. The predicted octanol–water partition coefficient (Wildman–Crippen LogP) is 5.77. The largest absolute Gasteiger partial charge is 0.390 e. The summed E-state index contributed by atoms with van der Waals surface area (Å²) in [5.41, 5.74) is 0. The van der Waals surface area contributed by atoms with Crippen molar-refractivity contribution >= 4 is 0 Å². The van der Waals surface area contributed by atoms with E-state index in [4.69, 9.17) is 0 Å². The highest BCUT2D eigenvalue weighted by atomic mass is 16.3. The van der Waals surface area contributed by atoms with Crippen LogP contribution < -0.4 is 0 Å². The second kappa shape index (κ2) is 17.0. The topological polar surface area (TPSA) is 40.5 Å². The first kappa shape index (κ1) is 21.7. The normalized spacial score (nSPS) is 14.0. The zero-order valence-electron chi connectivity index (χ0n) is 14.9. The summed E-state index contributed by atoms with van der Waals surface area (Å²) in [4.78, 5) is 0. The Hall–Kier alpha value is -0.340. The van der Waals surface area contributed by atoms with Gasteiger partial charge in [-0.3, -0.25) is 0 Å². The minimum absolute atomic E-state index is 0.515. The van der Waals surface area contributed by atoms with E-state index in [1.807, 2.05) is 6.08 Å². The van der Waals surface area contributed by atoms with Crippen LogP contribution in [0.5, 0.6) is 0 Å². The smallest absolute Gasteiger partial charge is 0.0799 e. The number of rotatable bonds is 17. The Balaban J connectivity index is 3.34. The van der Waals surface area contributed by atoms with Crippen LogP contribution >= 0.6 is 0 Å². The summed E-state index contributed by atoms with van der Waals surface area (Å²) in [7, 11) is 0. The lowest BCUT2D eigenvalue weighted by atomic mass is 9.99. The summed E-state index contributed by atoms with van der Waals surface area (Å²) in [6.45, 7) is 5.96. The molecule has 2 heteroatoms. The zero-order chi connectivity index (χ0) is 16.5. The van der Waals surface area contributed by atoms with Crippen LogP contribution in [0.1, 0.15) is 103 Å². The lowest BCUT2D eigenvalue weighted by Gasteiger charge is -2.17. The van der Waals surface area contributed by atoms with Crippen molar-refractivity contribution in [3.8, 4) is 0 Å². The minimum atomic E-state index is -0.517. The van der Waals surface area contributed by atoms with E-state index in [0.29, 0.717) is 0 Å². The molecule has 0 aromatic rings. The highest BCUT2D eigenvalue weighted by Gasteiger charge is 2.14. The van der Waals surface area contributed by atoms with Crippen molar-refractivity contribution in [2.75, 3.05) is 0 Å². The fourth-order valence-electron chi connectivity index (χ4n) is 2.87. The lowest BCUT2D eigenvalue weighted by molar-refractivity contribution is 0.00712. The molecule has 0 aliphatic carbocycles. The minimum Gasteiger partial charge on any atom is -0.390 e. The van der Waals surface area contributed by atoms with Gasteiger partial charge in [0.2, 0.25) is 0 Å². The number of aliphatic hydroxyl groups excluding tert-OH is 2. The van der Waals surface area contributed by atoms with Gasteiger partial charge in [0.15, 0.2) is 0 Å². The monoisotopic (exact) mass is 312 g/mol. The molecule has 0 aliphatic rings. The molecule has 2 unspecified atom stereocenters. The van der Waals surface area contributed by atoms with Gasteiger partial charge in [0.1, 0.15) is 0 Å². The van der Waals surface area contributed by atoms with Crippen LogP contribution in [0.25, 0.3) is 0 Å². The fourth-order valence-corrected chi connectivity index (χ4v) is 2.87. The van der Waals surface area contributed by atoms with Gasteiger partial charge in [0, 0.05) is 0 Å². The van der Waals surface area contributed by atoms with Gasteiger partial charge in [-0.25, -0.2) is 0 Å². The van der Waals surface area contributed by atoms with Crippen molar-refractivity contribution in [3.63, 3.8) is 0 Å². The lowest BCUT2D eigenvalue weighted by Crippen LogP contribution is -2.25. The first-order chi connectivity index (χ1) is 10.7. The Kier molecular flexibility index (Phi) is 16.8.